The molecule has 0 atom stereocenters. The van der Waals surface area contributed by atoms with E-state index in [-0.39, 0.29) is 11.9 Å². The number of pyridine rings is 2. The maximum Gasteiger partial charge on any atom is 0.232 e. The monoisotopic (exact) mass is 432 g/mol. The molecule has 4 heterocycles. The van der Waals surface area contributed by atoms with Crippen LogP contribution in [-0.4, -0.2) is 53.4 Å². The van der Waals surface area contributed by atoms with Gasteiger partial charge in [0.05, 0.1) is 36.5 Å². The van der Waals surface area contributed by atoms with Crippen molar-refractivity contribution in [2.24, 2.45) is 0 Å². The van der Waals surface area contributed by atoms with Crippen LogP contribution in [0.1, 0.15) is 25.5 Å². The lowest BCUT2D eigenvalue weighted by atomic mass is 10.00. The van der Waals surface area contributed by atoms with E-state index in [4.69, 9.17) is 9.47 Å². The Hall–Kier alpha value is -2.85. The minimum atomic E-state index is -3.46. The predicted molar refractivity (Wildman–Crippen MR) is 112 cm³/mol. The molecule has 9 nitrogen and oxygen atoms in total. The lowest BCUT2D eigenvalue weighted by Crippen LogP contribution is -2.26. The Morgan fingerprint density at radius 3 is 2.73 bits per heavy atom. The van der Waals surface area contributed by atoms with E-state index in [0.717, 1.165) is 23.1 Å². The summed E-state index contributed by atoms with van der Waals surface area (Å²) in [6.07, 6.45) is 4.53. The molecule has 0 bridgehead atoms. The summed E-state index contributed by atoms with van der Waals surface area (Å²) >= 11 is 0. The van der Waals surface area contributed by atoms with Gasteiger partial charge in [0.1, 0.15) is 6.10 Å². The van der Waals surface area contributed by atoms with Crippen LogP contribution in [0.3, 0.4) is 0 Å². The summed E-state index contributed by atoms with van der Waals surface area (Å²) < 4.78 is 39.3. The third-order valence-electron chi connectivity index (χ3n) is 5.10. The molecule has 0 amide bonds. The molecule has 30 heavy (non-hydrogen) atoms. The SMILES string of the molecule is CCS(=O)(=O)Nc1cnc(OC2CCOCC2)c(-c2cc(C)n(O)c3nccc2-3)c1. The first-order chi connectivity index (χ1) is 14.4. The Bertz CT molecular complexity index is 1120. The zero-order valence-corrected chi connectivity index (χ0v) is 17.6. The van der Waals surface area contributed by atoms with Gasteiger partial charge in [0, 0.05) is 35.7 Å². The summed E-state index contributed by atoms with van der Waals surface area (Å²) in [5, 5.41) is 10.3. The van der Waals surface area contributed by atoms with Crippen molar-refractivity contribution < 1.29 is 23.1 Å². The van der Waals surface area contributed by atoms with E-state index < -0.39 is 10.0 Å². The first kappa shape index (κ1) is 20.4. The first-order valence-electron chi connectivity index (χ1n) is 9.79. The summed E-state index contributed by atoms with van der Waals surface area (Å²) in [4.78, 5) is 8.66. The maximum absolute atomic E-state index is 12.1. The quantitative estimate of drug-likeness (QED) is 0.575. The first-order valence-corrected chi connectivity index (χ1v) is 11.4. The summed E-state index contributed by atoms with van der Waals surface area (Å²) in [5.41, 5.74) is 3.00. The molecular weight excluding hydrogens is 408 g/mol. The molecule has 160 valence electrons. The second kappa shape index (κ2) is 8.11. The highest BCUT2D eigenvalue weighted by molar-refractivity contribution is 7.92. The van der Waals surface area contributed by atoms with E-state index in [1.54, 1.807) is 38.2 Å². The zero-order valence-electron chi connectivity index (χ0n) is 16.8. The average molecular weight is 433 g/mol. The van der Waals surface area contributed by atoms with Gasteiger partial charge in [-0.25, -0.2) is 18.4 Å². The number of aromatic nitrogens is 3. The Kier molecular flexibility index (Phi) is 5.52. The normalized spacial score (nSPS) is 15.4. The number of hydrogen-bond donors (Lipinski definition) is 2. The van der Waals surface area contributed by atoms with Crippen LogP contribution >= 0.6 is 0 Å². The molecule has 3 aliphatic rings. The van der Waals surface area contributed by atoms with E-state index in [2.05, 4.69) is 14.7 Å². The van der Waals surface area contributed by atoms with Crippen molar-refractivity contribution in [2.45, 2.75) is 32.8 Å². The average Bonchev–Trinajstić information content (AvgIpc) is 3.23. The van der Waals surface area contributed by atoms with Crippen LogP contribution in [0.15, 0.2) is 30.6 Å². The maximum atomic E-state index is 12.1. The van der Waals surface area contributed by atoms with Crippen molar-refractivity contribution >= 4 is 15.7 Å². The number of nitrogens with one attached hydrogen (secondary N) is 1. The molecule has 0 unspecified atom stereocenters. The highest BCUT2D eigenvalue weighted by Crippen LogP contribution is 2.39. The van der Waals surface area contributed by atoms with Gasteiger partial charge < -0.3 is 14.7 Å². The van der Waals surface area contributed by atoms with Gasteiger partial charge in [0.25, 0.3) is 0 Å². The molecule has 10 heteroatoms. The van der Waals surface area contributed by atoms with Gasteiger partial charge in [0.2, 0.25) is 15.9 Å². The Balaban J connectivity index is 1.82. The van der Waals surface area contributed by atoms with E-state index in [9.17, 15) is 13.6 Å². The second-order valence-corrected chi connectivity index (χ2v) is 9.22. The minimum absolute atomic E-state index is 0.0379. The zero-order chi connectivity index (χ0) is 21.3. The number of sulfonamides is 1. The van der Waals surface area contributed by atoms with Gasteiger partial charge in [-0.15, -0.1) is 0 Å². The fourth-order valence-electron chi connectivity index (χ4n) is 3.44. The molecule has 2 N–H and O–H groups in total. The smallest absolute Gasteiger partial charge is 0.232 e. The molecule has 1 fully saturated rings. The number of anilines is 1. The van der Waals surface area contributed by atoms with Crippen molar-refractivity contribution in [3.8, 4) is 28.4 Å². The van der Waals surface area contributed by atoms with E-state index >= 15 is 0 Å². The lowest BCUT2D eigenvalue weighted by Gasteiger charge is -2.24. The van der Waals surface area contributed by atoms with Crippen molar-refractivity contribution in [1.29, 1.82) is 0 Å². The molecule has 0 radical (unpaired) electrons. The van der Waals surface area contributed by atoms with Gasteiger partial charge in [0.15, 0.2) is 5.82 Å². The van der Waals surface area contributed by atoms with Gasteiger partial charge >= 0.3 is 0 Å². The van der Waals surface area contributed by atoms with Gasteiger partial charge in [-0.2, -0.15) is 4.73 Å². The van der Waals surface area contributed by atoms with Gasteiger partial charge in [-0.1, -0.05) is 0 Å². The summed E-state index contributed by atoms with van der Waals surface area (Å²) in [6.45, 7) is 4.58. The van der Waals surface area contributed by atoms with E-state index in [0.29, 0.717) is 47.4 Å². The van der Waals surface area contributed by atoms with Crippen molar-refractivity contribution in [2.75, 3.05) is 23.7 Å². The van der Waals surface area contributed by atoms with E-state index in [1.807, 2.05) is 0 Å². The van der Waals surface area contributed by atoms with Crippen LogP contribution in [0.25, 0.3) is 22.5 Å². The number of nitrogens with zero attached hydrogens (tertiary/aromatic N) is 3. The third kappa shape index (κ3) is 4.05. The Labute approximate surface area is 175 Å². The molecule has 1 aromatic heterocycles. The van der Waals surface area contributed by atoms with Crippen molar-refractivity contribution in [3.63, 3.8) is 0 Å². The fourth-order valence-corrected chi connectivity index (χ4v) is 4.06. The Morgan fingerprint density at radius 2 is 2.00 bits per heavy atom. The van der Waals surface area contributed by atoms with Crippen LogP contribution in [0.5, 0.6) is 5.88 Å². The molecule has 0 spiro atoms. The van der Waals surface area contributed by atoms with Crippen molar-refractivity contribution in [1.82, 2.24) is 14.7 Å². The van der Waals surface area contributed by atoms with Crippen LogP contribution < -0.4 is 9.46 Å². The van der Waals surface area contributed by atoms with Crippen molar-refractivity contribution in [3.05, 3.63) is 36.3 Å². The number of fused-ring (bicyclic) bond motifs is 1. The molecule has 3 aliphatic heterocycles. The summed E-state index contributed by atoms with van der Waals surface area (Å²) in [5.74, 6) is 0.759. The van der Waals surface area contributed by atoms with Crippen LogP contribution in [0.4, 0.5) is 5.69 Å². The molecule has 0 aromatic carbocycles. The summed E-state index contributed by atoms with van der Waals surface area (Å²) in [6, 6.07) is 5.30. The number of aryl methyl sites for hydroxylation is 1. The molecule has 1 aromatic rings. The van der Waals surface area contributed by atoms with Crippen LogP contribution in [0.2, 0.25) is 0 Å². The topological polar surface area (TPSA) is 116 Å². The van der Waals surface area contributed by atoms with Gasteiger partial charge in [-0.3, -0.25) is 4.72 Å². The fraction of sp³-hybridized carbons (Fsp3) is 0.400. The third-order valence-corrected chi connectivity index (χ3v) is 6.41. The molecular formula is C20H24N4O5S. The van der Waals surface area contributed by atoms with Crippen LogP contribution in [-0.2, 0) is 14.8 Å². The molecule has 4 rings (SSSR count). The summed E-state index contributed by atoms with van der Waals surface area (Å²) in [7, 11) is -3.46. The number of ether oxygens (including phenoxy) is 2. The Morgan fingerprint density at radius 1 is 1.23 bits per heavy atom. The van der Waals surface area contributed by atoms with Gasteiger partial charge in [-0.05, 0) is 32.0 Å². The van der Waals surface area contributed by atoms with E-state index in [1.165, 1.54) is 6.20 Å². The molecule has 1 saturated heterocycles. The second-order valence-electron chi connectivity index (χ2n) is 7.21. The highest BCUT2D eigenvalue weighted by Gasteiger charge is 2.24. The highest BCUT2D eigenvalue weighted by atomic mass is 32.2. The number of rotatable bonds is 6. The molecule has 0 aliphatic carbocycles. The largest absolute Gasteiger partial charge is 0.474 e. The lowest BCUT2D eigenvalue weighted by molar-refractivity contribution is 0.0240. The number of hydrogen-bond acceptors (Lipinski definition) is 7. The standard InChI is InChI=1S/C20H24N4O5S/c1-3-30(26,27)23-14-11-18(20(22-12-14)29-15-5-8-28-9-6-15)17-10-13(2)24(25)19-16(17)4-7-21-19/h4,7,10-12,15,23,25H,3,5-6,8-9H2,1-2H3. The predicted octanol–water partition coefficient (Wildman–Crippen LogP) is 2.92. The van der Waals surface area contributed by atoms with Crippen LogP contribution in [0, 0.1) is 6.92 Å². The molecule has 0 saturated carbocycles. The minimum Gasteiger partial charge on any atom is -0.474 e.